The highest BCUT2D eigenvalue weighted by atomic mass is 32.2. The third kappa shape index (κ3) is 6.35. The minimum atomic E-state index is -1.04. The second kappa shape index (κ2) is 9.06. The lowest BCUT2D eigenvalue weighted by Crippen LogP contribution is -2.46. The van der Waals surface area contributed by atoms with E-state index in [-0.39, 0.29) is 6.54 Å². The standard InChI is InChI=1S/C13H19N3O4S/c1-20-11-7-9(3-5-14-11)8-15-13(19)16-10(12(17)18)4-6-21-2/h3,5,7,10H,4,6,8H2,1-2H3,(H,17,18)(H2,15,16,19)/t10-/m0/s1. The van der Waals surface area contributed by atoms with Crippen molar-refractivity contribution in [1.29, 1.82) is 0 Å². The highest BCUT2D eigenvalue weighted by molar-refractivity contribution is 7.98. The number of carbonyl (C=O) groups is 2. The maximum absolute atomic E-state index is 11.7. The van der Waals surface area contributed by atoms with Gasteiger partial charge in [-0.15, -0.1) is 0 Å². The molecule has 0 aliphatic heterocycles. The molecule has 0 saturated heterocycles. The Labute approximate surface area is 127 Å². The number of ether oxygens (including phenoxy) is 1. The minimum absolute atomic E-state index is 0.263. The van der Waals surface area contributed by atoms with Gasteiger partial charge in [0.1, 0.15) is 6.04 Å². The van der Waals surface area contributed by atoms with Gasteiger partial charge in [0, 0.05) is 18.8 Å². The number of aromatic nitrogens is 1. The highest BCUT2D eigenvalue weighted by Gasteiger charge is 2.18. The first-order valence-electron chi connectivity index (χ1n) is 6.32. The van der Waals surface area contributed by atoms with Gasteiger partial charge < -0.3 is 20.5 Å². The van der Waals surface area contributed by atoms with Gasteiger partial charge >= 0.3 is 12.0 Å². The quantitative estimate of drug-likeness (QED) is 0.664. The Kier molecular flexibility index (Phi) is 7.38. The van der Waals surface area contributed by atoms with Crippen molar-refractivity contribution in [3.05, 3.63) is 23.9 Å². The molecule has 0 bridgehead atoms. The second-order valence-electron chi connectivity index (χ2n) is 4.21. The lowest BCUT2D eigenvalue weighted by Gasteiger charge is -2.14. The zero-order valence-electron chi connectivity index (χ0n) is 12.0. The summed E-state index contributed by atoms with van der Waals surface area (Å²) in [7, 11) is 1.51. The van der Waals surface area contributed by atoms with Crippen molar-refractivity contribution in [3.8, 4) is 5.88 Å². The molecule has 0 unspecified atom stereocenters. The summed E-state index contributed by atoms with van der Waals surface area (Å²) >= 11 is 1.53. The SMILES string of the molecule is COc1cc(CNC(=O)N[C@@H](CCSC)C(=O)O)ccn1. The molecule has 0 fully saturated rings. The summed E-state index contributed by atoms with van der Waals surface area (Å²) in [5, 5.41) is 14.1. The number of nitrogens with zero attached hydrogens (tertiary/aromatic N) is 1. The van der Waals surface area contributed by atoms with Crippen LogP contribution in [0, 0.1) is 0 Å². The lowest BCUT2D eigenvalue weighted by molar-refractivity contribution is -0.139. The molecule has 21 heavy (non-hydrogen) atoms. The summed E-state index contributed by atoms with van der Waals surface area (Å²) in [6.07, 6.45) is 3.84. The molecule has 1 aromatic heterocycles. The summed E-state index contributed by atoms with van der Waals surface area (Å²) in [5.41, 5.74) is 0.813. The van der Waals surface area contributed by atoms with Crippen molar-refractivity contribution in [2.45, 2.75) is 19.0 Å². The van der Waals surface area contributed by atoms with Crippen LogP contribution in [0.25, 0.3) is 0 Å². The van der Waals surface area contributed by atoms with Crippen LogP contribution in [0.2, 0.25) is 0 Å². The molecule has 0 saturated carbocycles. The van der Waals surface area contributed by atoms with Crippen molar-refractivity contribution >= 4 is 23.8 Å². The third-order valence-electron chi connectivity index (χ3n) is 2.68. The van der Waals surface area contributed by atoms with E-state index in [4.69, 9.17) is 9.84 Å². The van der Waals surface area contributed by atoms with E-state index in [1.54, 1.807) is 18.3 Å². The van der Waals surface area contributed by atoms with Crippen LogP contribution in [-0.2, 0) is 11.3 Å². The van der Waals surface area contributed by atoms with Crippen LogP contribution in [0.3, 0.4) is 0 Å². The number of nitrogens with one attached hydrogen (secondary N) is 2. The van der Waals surface area contributed by atoms with Gasteiger partial charge in [0.15, 0.2) is 0 Å². The predicted octanol–water partition coefficient (Wildman–Crippen LogP) is 1.10. The van der Waals surface area contributed by atoms with E-state index >= 15 is 0 Å². The van der Waals surface area contributed by atoms with Crippen LogP contribution in [0.5, 0.6) is 5.88 Å². The number of thioether (sulfide) groups is 1. The third-order valence-corrected chi connectivity index (χ3v) is 3.32. The Balaban J connectivity index is 2.46. The van der Waals surface area contributed by atoms with Gasteiger partial charge in [-0.3, -0.25) is 0 Å². The number of carboxylic acid groups (broad SMARTS) is 1. The fourth-order valence-corrected chi connectivity index (χ4v) is 2.03. The highest BCUT2D eigenvalue weighted by Crippen LogP contribution is 2.08. The number of hydrogen-bond donors (Lipinski definition) is 3. The van der Waals surface area contributed by atoms with Gasteiger partial charge in [-0.1, -0.05) is 0 Å². The molecule has 0 spiro atoms. The lowest BCUT2D eigenvalue weighted by atomic mass is 10.2. The minimum Gasteiger partial charge on any atom is -0.481 e. The maximum Gasteiger partial charge on any atom is 0.326 e. The Morgan fingerprint density at radius 3 is 2.90 bits per heavy atom. The molecule has 1 heterocycles. The fourth-order valence-electron chi connectivity index (χ4n) is 1.56. The maximum atomic E-state index is 11.7. The van der Waals surface area contributed by atoms with Crippen LogP contribution in [0.4, 0.5) is 4.79 Å². The van der Waals surface area contributed by atoms with Gasteiger partial charge in [-0.25, -0.2) is 14.6 Å². The molecule has 116 valence electrons. The molecule has 0 radical (unpaired) electrons. The van der Waals surface area contributed by atoms with Gasteiger partial charge in [-0.05, 0) is 30.1 Å². The summed E-state index contributed by atoms with van der Waals surface area (Å²) in [4.78, 5) is 26.7. The molecule has 3 N–H and O–H groups in total. The van der Waals surface area contributed by atoms with Gasteiger partial charge in [0.25, 0.3) is 0 Å². The van der Waals surface area contributed by atoms with Gasteiger partial charge in [0.2, 0.25) is 5.88 Å². The Morgan fingerprint density at radius 1 is 1.52 bits per heavy atom. The second-order valence-corrected chi connectivity index (χ2v) is 5.19. The molecule has 1 rings (SSSR count). The number of methoxy groups -OCH3 is 1. The molecule has 0 aliphatic rings. The largest absolute Gasteiger partial charge is 0.481 e. The number of urea groups is 1. The first-order valence-corrected chi connectivity index (χ1v) is 7.71. The van der Waals surface area contributed by atoms with Crippen LogP contribution in [-0.4, -0.2) is 47.3 Å². The van der Waals surface area contributed by atoms with Crippen molar-refractivity contribution in [2.24, 2.45) is 0 Å². The molecular formula is C13H19N3O4S. The number of rotatable bonds is 8. The van der Waals surface area contributed by atoms with Crippen LogP contribution in [0.1, 0.15) is 12.0 Å². The summed E-state index contributed by atoms with van der Waals surface area (Å²) < 4.78 is 4.98. The van der Waals surface area contributed by atoms with E-state index in [1.165, 1.54) is 18.9 Å². The van der Waals surface area contributed by atoms with E-state index in [1.807, 2.05) is 6.26 Å². The number of pyridine rings is 1. The fraction of sp³-hybridized carbons (Fsp3) is 0.462. The number of carbonyl (C=O) groups excluding carboxylic acids is 1. The van der Waals surface area contributed by atoms with E-state index in [0.29, 0.717) is 18.1 Å². The summed E-state index contributed by atoms with van der Waals surface area (Å²) in [6, 6.07) is 2.04. The summed E-state index contributed by atoms with van der Waals surface area (Å²) in [6.45, 7) is 0.263. The molecule has 0 aromatic carbocycles. The topological polar surface area (TPSA) is 101 Å². The van der Waals surface area contributed by atoms with Crippen molar-refractivity contribution in [1.82, 2.24) is 15.6 Å². The number of hydrogen-bond acceptors (Lipinski definition) is 5. The first-order chi connectivity index (χ1) is 10.1. The van der Waals surface area contributed by atoms with E-state index in [0.717, 1.165) is 5.56 Å². The monoisotopic (exact) mass is 313 g/mol. The number of carboxylic acids is 1. The molecule has 8 heteroatoms. The number of aliphatic carboxylic acids is 1. The molecule has 1 atom stereocenters. The molecule has 0 aliphatic carbocycles. The zero-order chi connectivity index (χ0) is 15.7. The van der Waals surface area contributed by atoms with Crippen LogP contribution >= 0.6 is 11.8 Å². The average Bonchev–Trinajstić information content (AvgIpc) is 2.49. The Hall–Kier alpha value is -1.96. The van der Waals surface area contributed by atoms with Crippen molar-refractivity contribution in [3.63, 3.8) is 0 Å². The van der Waals surface area contributed by atoms with Crippen molar-refractivity contribution in [2.75, 3.05) is 19.1 Å². The van der Waals surface area contributed by atoms with Crippen LogP contribution < -0.4 is 15.4 Å². The van der Waals surface area contributed by atoms with Gasteiger partial charge in [0.05, 0.1) is 7.11 Å². The zero-order valence-corrected chi connectivity index (χ0v) is 12.8. The molecular weight excluding hydrogens is 294 g/mol. The van der Waals surface area contributed by atoms with E-state index in [2.05, 4.69) is 15.6 Å². The van der Waals surface area contributed by atoms with Gasteiger partial charge in [-0.2, -0.15) is 11.8 Å². The smallest absolute Gasteiger partial charge is 0.326 e. The van der Waals surface area contributed by atoms with Crippen molar-refractivity contribution < 1.29 is 19.4 Å². The molecule has 1 aromatic rings. The molecule has 2 amide bonds. The van der Waals surface area contributed by atoms with E-state index in [9.17, 15) is 9.59 Å². The average molecular weight is 313 g/mol. The molecule has 7 nitrogen and oxygen atoms in total. The Bertz CT molecular complexity index is 484. The summed E-state index contributed by atoms with van der Waals surface area (Å²) in [5.74, 6) is 0.0848. The Morgan fingerprint density at radius 2 is 2.29 bits per heavy atom. The first kappa shape index (κ1) is 17.1. The number of amides is 2. The van der Waals surface area contributed by atoms with Crippen LogP contribution in [0.15, 0.2) is 18.3 Å². The van der Waals surface area contributed by atoms with E-state index < -0.39 is 18.0 Å². The normalized spacial score (nSPS) is 11.5. The predicted molar refractivity (Wildman–Crippen MR) is 80.6 cm³/mol.